The molecule has 1 aromatic rings. The van der Waals surface area contributed by atoms with Gasteiger partial charge in [0.25, 0.3) is 0 Å². The molecule has 0 amide bonds. The van der Waals surface area contributed by atoms with Gasteiger partial charge in [0.2, 0.25) is 10.0 Å². The number of nitrogens with one attached hydrogen (secondary N) is 1. The third-order valence-corrected chi connectivity index (χ3v) is 4.43. The first kappa shape index (κ1) is 18.4. The molecule has 0 aliphatic rings. The Labute approximate surface area is 126 Å². The minimum absolute atomic E-state index is 0.0985. The largest absolute Gasteiger partial charge is 0.417 e. The third-order valence-electron chi connectivity index (χ3n) is 2.97. The first-order valence-corrected chi connectivity index (χ1v) is 7.89. The van der Waals surface area contributed by atoms with E-state index in [1.54, 1.807) is 6.92 Å². The maximum absolute atomic E-state index is 12.8. The Morgan fingerprint density at radius 1 is 1.41 bits per heavy atom. The van der Waals surface area contributed by atoms with Gasteiger partial charge in [0.05, 0.1) is 28.2 Å². The second kappa shape index (κ2) is 7.09. The molecule has 0 radical (unpaired) electrons. The second-order valence-corrected chi connectivity index (χ2v) is 6.33. The molecule has 122 valence electrons. The summed E-state index contributed by atoms with van der Waals surface area (Å²) in [4.78, 5) is -0.579. The predicted octanol–water partition coefficient (Wildman–Crippen LogP) is 2.02. The van der Waals surface area contributed by atoms with Crippen LogP contribution in [0.3, 0.4) is 0 Å². The van der Waals surface area contributed by atoms with Crippen LogP contribution >= 0.6 is 0 Å². The molecule has 0 saturated heterocycles. The summed E-state index contributed by atoms with van der Waals surface area (Å²) in [5, 5.41) is 18.0. The molecule has 0 aliphatic carbocycles. The number of aliphatic hydroxyl groups excluding tert-OH is 1. The van der Waals surface area contributed by atoms with Crippen LogP contribution in [-0.2, 0) is 16.2 Å². The van der Waals surface area contributed by atoms with Crippen LogP contribution in [0.4, 0.5) is 13.2 Å². The van der Waals surface area contributed by atoms with Crippen LogP contribution in [0.25, 0.3) is 0 Å². The molecular weight excluding hydrogens is 321 g/mol. The predicted molar refractivity (Wildman–Crippen MR) is 72.3 cm³/mol. The number of aliphatic hydroxyl groups is 1. The third kappa shape index (κ3) is 4.69. The van der Waals surface area contributed by atoms with Crippen molar-refractivity contribution in [3.63, 3.8) is 0 Å². The van der Waals surface area contributed by atoms with E-state index in [9.17, 15) is 26.7 Å². The molecule has 0 heterocycles. The molecule has 0 aromatic heterocycles. The number of halogens is 3. The lowest BCUT2D eigenvalue weighted by molar-refractivity contribution is -0.137. The molecule has 0 aliphatic heterocycles. The standard InChI is InChI=1S/C13H15F3N2O3S/c1-2-10(19)5-6-18-22(20,21)11-4-3-9(8-17)12(7-11)13(14,15)16/h3-4,7,10,18-19H,2,5-6H2,1H3. The fraction of sp³-hybridized carbons (Fsp3) is 0.462. The maximum atomic E-state index is 12.8. The molecule has 1 rings (SSSR count). The van der Waals surface area contributed by atoms with Gasteiger partial charge in [-0.2, -0.15) is 18.4 Å². The van der Waals surface area contributed by atoms with Gasteiger partial charge in [0, 0.05) is 6.54 Å². The highest BCUT2D eigenvalue weighted by Gasteiger charge is 2.35. The van der Waals surface area contributed by atoms with Crippen molar-refractivity contribution in [1.29, 1.82) is 5.26 Å². The zero-order valence-electron chi connectivity index (χ0n) is 11.7. The Bertz CT molecular complexity index is 666. The van der Waals surface area contributed by atoms with E-state index in [-0.39, 0.29) is 13.0 Å². The van der Waals surface area contributed by atoms with Crippen LogP contribution in [0.15, 0.2) is 23.1 Å². The summed E-state index contributed by atoms with van der Waals surface area (Å²) in [6, 6.07) is 3.56. The van der Waals surface area contributed by atoms with Crippen LogP contribution in [0.1, 0.15) is 30.9 Å². The monoisotopic (exact) mass is 336 g/mol. The molecule has 1 atom stereocenters. The summed E-state index contributed by atoms with van der Waals surface area (Å²) >= 11 is 0. The van der Waals surface area contributed by atoms with Gasteiger partial charge in [-0.3, -0.25) is 0 Å². The number of alkyl halides is 3. The van der Waals surface area contributed by atoms with Crippen LogP contribution in [-0.4, -0.2) is 26.2 Å². The highest BCUT2D eigenvalue weighted by Crippen LogP contribution is 2.33. The van der Waals surface area contributed by atoms with Crippen molar-refractivity contribution < 1.29 is 26.7 Å². The first-order chi connectivity index (χ1) is 10.1. The van der Waals surface area contributed by atoms with Crippen molar-refractivity contribution in [3.8, 4) is 6.07 Å². The number of sulfonamides is 1. The van der Waals surface area contributed by atoms with Crippen molar-refractivity contribution in [1.82, 2.24) is 4.72 Å². The van der Waals surface area contributed by atoms with Gasteiger partial charge >= 0.3 is 6.18 Å². The Balaban J connectivity index is 3.04. The summed E-state index contributed by atoms with van der Waals surface area (Å²) in [5.41, 5.74) is -1.95. The molecule has 1 unspecified atom stereocenters. The minimum atomic E-state index is -4.82. The van der Waals surface area contributed by atoms with Crippen molar-refractivity contribution in [2.45, 2.75) is 36.9 Å². The topological polar surface area (TPSA) is 90.2 Å². The fourth-order valence-corrected chi connectivity index (χ4v) is 2.74. The number of nitrogens with zero attached hydrogens (tertiary/aromatic N) is 1. The molecule has 0 spiro atoms. The van der Waals surface area contributed by atoms with E-state index in [2.05, 4.69) is 4.72 Å². The van der Waals surface area contributed by atoms with Gasteiger partial charge in [-0.25, -0.2) is 13.1 Å². The Morgan fingerprint density at radius 3 is 2.55 bits per heavy atom. The van der Waals surface area contributed by atoms with E-state index in [1.807, 2.05) is 0 Å². The molecular formula is C13H15F3N2O3S. The van der Waals surface area contributed by atoms with Gasteiger partial charge in [-0.15, -0.1) is 0 Å². The quantitative estimate of drug-likeness (QED) is 0.831. The average molecular weight is 336 g/mol. The summed E-state index contributed by atoms with van der Waals surface area (Å²) in [6.07, 6.45) is -4.92. The lowest BCUT2D eigenvalue weighted by Gasteiger charge is -2.12. The molecule has 0 fully saturated rings. The fourth-order valence-electron chi connectivity index (χ4n) is 1.67. The van der Waals surface area contributed by atoms with E-state index < -0.39 is 38.3 Å². The van der Waals surface area contributed by atoms with Crippen molar-refractivity contribution in [3.05, 3.63) is 29.3 Å². The second-order valence-electron chi connectivity index (χ2n) is 4.57. The number of benzene rings is 1. The Morgan fingerprint density at radius 2 is 2.05 bits per heavy atom. The summed E-state index contributed by atoms with van der Waals surface area (Å²) in [5.74, 6) is 0. The highest BCUT2D eigenvalue weighted by molar-refractivity contribution is 7.89. The molecule has 0 saturated carbocycles. The highest BCUT2D eigenvalue weighted by atomic mass is 32.2. The van der Waals surface area contributed by atoms with Gasteiger partial charge in [0.15, 0.2) is 0 Å². The van der Waals surface area contributed by atoms with Gasteiger partial charge in [-0.05, 0) is 31.0 Å². The van der Waals surface area contributed by atoms with Gasteiger partial charge in [0.1, 0.15) is 0 Å². The van der Waals surface area contributed by atoms with Crippen molar-refractivity contribution >= 4 is 10.0 Å². The summed E-state index contributed by atoms with van der Waals surface area (Å²) in [6.45, 7) is 1.62. The number of rotatable bonds is 6. The molecule has 1 aromatic carbocycles. The van der Waals surface area contributed by atoms with Crippen molar-refractivity contribution in [2.75, 3.05) is 6.54 Å². The molecule has 0 bridgehead atoms. The van der Waals surface area contributed by atoms with Gasteiger partial charge in [-0.1, -0.05) is 6.92 Å². The normalized spacial score (nSPS) is 13.6. The van der Waals surface area contributed by atoms with Crippen molar-refractivity contribution in [2.24, 2.45) is 0 Å². The van der Waals surface area contributed by atoms with E-state index in [0.29, 0.717) is 12.5 Å². The number of nitriles is 1. The molecule has 22 heavy (non-hydrogen) atoms. The molecule has 9 heteroatoms. The first-order valence-electron chi connectivity index (χ1n) is 6.41. The maximum Gasteiger partial charge on any atom is 0.417 e. The smallest absolute Gasteiger partial charge is 0.393 e. The van der Waals surface area contributed by atoms with Crippen LogP contribution < -0.4 is 4.72 Å². The zero-order chi connectivity index (χ0) is 17.0. The average Bonchev–Trinajstić information content (AvgIpc) is 2.45. The lowest BCUT2D eigenvalue weighted by Crippen LogP contribution is -2.27. The van der Waals surface area contributed by atoms with Gasteiger partial charge < -0.3 is 5.11 Å². The van der Waals surface area contributed by atoms with E-state index in [0.717, 1.165) is 12.1 Å². The summed E-state index contributed by atoms with van der Waals surface area (Å²) in [7, 11) is -4.14. The molecule has 5 nitrogen and oxygen atoms in total. The SMILES string of the molecule is CCC(O)CCNS(=O)(=O)c1ccc(C#N)c(C(F)(F)F)c1. The Hall–Kier alpha value is -1.63. The minimum Gasteiger partial charge on any atom is -0.393 e. The van der Waals surface area contributed by atoms with E-state index >= 15 is 0 Å². The number of hydrogen-bond donors (Lipinski definition) is 2. The Kier molecular flexibility index (Phi) is 5.93. The zero-order valence-corrected chi connectivity index (χ0v) is 12.5. The van der Waals surface area contributed by atoms with Crippen LogP contribution in [0.2, 0.25) is 0 Å². The lowest BCUT2D eigenvalue weighted by atomic mass is 10.1. The summed E-state index contributed by atoms with van der Waals surface area (Å²) < 4.78 is 64.4. The van der Waals surface area contributed by atoms with E-state index in [1.165, 1.54) is 6.07 Å². The van der Waals surface area contributed by atoms with E-state index in [4.69, 9.17) is 5.26 Å². The molecule has 2 N–H and O–H groups in total. The van der Waals surface area contributed by atoms with Crippen LogP contribution in [0, 0.1) is 11.3 Å². The number of hydrogen-bond acceptors (Lipinski definition) is 4. The van der Waals surface area contributed by atoms with Crippen LogP contribution in [0.5, 0.6) is 0 Å².